The molecule has 0 saturated carbocycles. The van der Waals surface area contributed by atoms with Gasteiger partial charge in [0.2, 0.25) is 9.97 Å². The number of carbonyl (C=O) groups is 1. The number of anilines is 1. The van der Waals surface area contributed by atoms with Crippen LogP contribution in [0.1, 0.15) is 15.6 Å². The van der Waals surface area contributed by atoms with Gasteiger partial charge in [-0.1, -0.05) is 17.4 Å². The van der Waals surface area contributed by atoms with Crippen molar-refractivity contribution in [1.29, 1.82) is 0 Å². The molecule has 0 saturated heterocycles. The highest BCUT2D eigenvalue weighted by Crippen LogP contribution is 2.16. The fraction of sp³-hybridized carbons (Fsp3) is 0.0909. The molecule has 19 heavy (non-hydrogen) atoms. The number of hydrogen-bond acceptors (Lipinski definition) is 5. The Morgan fingerprint density at radius 3 is 3.00 bits per heavy atom. The van der Waals surface area contributed by atoms with Crippen molar-refractivity contribution in [3.8, 4) is 0 Å². The molecule has 2 aromatic heterocycles. The van der Waals surface area contributed by atoms with Crippen molar-refractivity contribution in [1.82, 2.24) is 19.8 Å². The number of benzene rings is 1. The first-order valence-electron chi connectivity index (χ1n) is 5.39. The van der Waals surface area contributed by atoms with E-state index in [0.29, 0.717) is 16.5 Å². The molecule has 0 fully saturated rings. The summed E-state index contributed by atoms with van der Waals surface area (Å²) in [7, 11) is 0. The monoisotopic (exact) mass is 277 g/mol. The summed E-state index contributed by atoms with van der Waals surface area (Å²) >= 11 is 1.12. The van der Waals surface area contributed by atoms with Crippen LogP contribution in [-0.2, 0) is 0 Å². The molecule has 1 aromatic carbocycles. The maximum atomic E-state index is 13.0. The van der Waals surface area contributed by atoms with E-state index in [2.05, 4.69) is 20.6 Å². The number of aryl methyl sites for hydroxylation is 1. The number of fused-ring (bicyclic) bond motifs is 1. The maximum absolute atomic E-state index is 13.0. The van der Waals surface area contributed by atoms with Crippen LogP contribution in [0.15, 0.2) is 24.3 Å². The van der Waals surface area contributed by atoms with E-state index in [0.717, 1.165) is 11.3 Å². The Hall–Kier alpha value is -2.35. The third kappa shape index (κ3) is 2.17. The summed E-state index contributed by atoms with van der Waals surface area (Å²) < 4.78 is 14.5. The minimum atomic E-state index is -0.410. The van der Waals surface area contributed by atoms with Crippen molar-refractivity contribution in [2.75, 3.05) is 5.32 Å². The van der Waals surface area contributed by atoms with Gasteiger partial charge in [-0.3, -0.25) is 4.79 Å². The number of aromatic nitrogens is 4. The fourth-order valence-electron chi connectivity index (χ4n) is 1.56. The molecule has 0 spiro atoms. The molecule has 2 heterocycles. The predicted octanol–water partition coefficient (Wildman–Crippen LogP) is 1.89. The Morgan fingerprint density at radius 1 is 1.42 bits per heavy atom. The first-order chi connectivity index (χ1) is 9.13. The highest BCUT2D eigenvalue weighted by Gasteiger charge is 2.15. The normalized spacial score (nSPS) is 10.8. The summed E-state index contributed by atoms with van der Waals surface area (Å²) in [4.78, 5) is 12.5. The molecule has 3 aromatic rings. The van der Waals surface area contributed by atoms with E-state index in [1.807, 2.05) is 0 Å². The first kappa shape index (κ1) is 11.7. The van der Waals surface area contributed by atoms with Crippen LogP contribution in [0.2, 0.25) is 0 Å². The summed E-state index contributed by atoms with van der Waals surface area (Å²) in [5, 5.41) is 14.6. The molecule has 1 N–H and O–H groups in total. The van der Waals surface area contributed by atoms with E-state index >= 15 is 0 Å². The minimum Gasteiger partial charge on any atom is -0.320 e. The lowest BCUT2D eigenvalue weighted by molar-refractivity contribution is 0.102. The predicted molar refractivity (Wildman–Crippen MR) is 67.7 cm³/mol. The van der Waals surface area contributed by atoms with E-state index in [4.69, 9.17) is 0 Å². The molecule has 1 amide bonds. The quantitative estimate of drug-likeness (QED) is 0.776. The number of hydrogen-bond donors (Lipinski definition) is 1. The van der Waals surface area contributed by atoms with Crippen LogP contribution in [0.5, 0.6) is 0 Å². The standard InChI is InChI=1S/C11H8FN5OS/c1-6-14-15-11-17(6)16-10(19-11)9(18)13-8-4-2-3-7(12)5-8/h2-5H,1H3,(H,13,18). The van der Waals surface area contributed by atoms with Crippen molar-refractivity contribution in [2.24, 2.45) is 0 Å². The average molecular weight is 277 g/mol. The van der Waals surface area contributed by atoms with Crippen molar-refractivity contribution in [3.63, 3.8) is 0 Å². The van der Waals surface area contributed by atoms with Crippen LogP contribution in [0.3, 0.4) is 0 Å². The van der Waals surface area contributed by atoms with Crippen LogP contribution in [0, 0.1) is 12.7 Å². The molecule has 0 unspecified atom stereocenters. The Morgan fingerprint density at radius 2 is 2.26 bits per heavy atom. The third-order valence-electron chi connectivity index (χ3n) is 2.42. The molecule has 0 atom stereocenters. The number of carbonyl (C=O) groups excluding carboxylic acids is 1. The van der Waals surface area contributed by atoms with Crippen molar-refractivity contribution in [2.45, 2.75) is 6.92 Å². The van der Waals surface area contributed by atoms with E-state index < -0.39 is 11.7 Å². The molecule has 0 aliphatic heterocycles. The van der Waals surface area contributed by atoms with Crippen molar-refractivity contribution in [3.05, 3.63) is 40.9 Å². The second kappa shape index (κ2) is 4.39. The summed E-state index contributed by atoms with van der Waals surface area (Å²) in [5.41, 5.74) is 0.382. The van der Waals surface area contributed by atoms with Gasteiger partial charge in [-0.2, -0.15) is 4.52 Å². The van der Waals surface area contributed by atoms with Crippen LogP contribution < -0.4 is 5.32 Å². The highest BCUT2D eigenvalue weighted by atomic mass is 32.1. The van der Waals surface area contributed by atoms with Gasteiger partial charge in [-0.05, 0) is 25.1 Å². The topological polar surface area (TPSA) is 72.2 Å². The number of nitrogens with zero attached hydrogens (tertiary/aromatic N) is 4. The van der Waals surface area contributed by atoms with Gasteiger partial charge < -0.3 is 5.32 Å². The Balaban J connectivity index is 1.87. The maximum Gasteiger partial charge on any atom is 0.286 e. The zero-order valence-electron chi connectivity index (χ0n) is 9.79. The molecule has 0 radical (unpaired) electrons. The van der Waals surface area contributed by atoms with Gasteiger partial charge in [0.1, 0.15) is 5.82 Å². The van der Waals surface area contributed by atoms with Gasteiger partial charge in [0.25, 0.3) is 5.91 Å². The molecular formula is C11H8FN5OS. The van der Waals surface area contributed by atoms with Crippen molar-refractivity contribution < 1.29 is 9.18 Å². The Kier molecular flexibility index (Phi) is 2.71. The molecule has 3 rings (SSSR count). The lowest BCUT2D eigenvalue weighted by Gasteiger charge is -2.01. The number of halogens is 1. The summed E-state index contributed by atoms with van der Waals surface area (Å²) in [6.07, 6.45) is 0. The van der Waals surface area contributed by atoms with E-state index in [9.17, 15) is 9.18 Å². The molecule has 8 heteroatoms. The highest BCUT2D eigenvalue weighted by molar-refractivity contribution is 7.18. The van der Waals surface area contributed by atoms with Gasteiger partial charge in [0.05, 0.1) is 0 Å². The lowest BCUT2D eigenvalue weighted by Crippen LogP contribution is -2.12. The van der Waals surface area contributed by atoms with Gasteiger partial charge in [-0.25, -0.2) is 4.39 Å². The molecular weight excluding hydrogens is 269 g/mol. The molecule has 0 aliphatic carbocycles. The second-order valence-electron chi connectivity index (χ2n) is 3.81. The third-order valence-corrected chi connectivity index (χ3v) is 3.32. The SMILES string of the molecule is Cc1nnc2sc(C(=O)Nc3cccc(F)c3)nn12. The summed E-state index contributed by atoms with van der Waals surface area (Å²) in [6.45, 7) is 1.74. The number of rotatable bonds is 2. The number of amides is 1. The van der Waals surface area contributed by atoms with Gasteiger partial charge in [-0.15, -0.1) is 15.3 Å². The van der Waals surface area contributed by atoms with Crippen molar-refractivity contribution >= 4 is 27.9 Å². The average Bonchev–Trinajstić information content (AvgIpc) is 2.92. The van der Waals surface area contributed by atoms with Gasteiger partial charge in [0, 0.05) is 5.69 Å². The number of nitrogens with one attached hydrogen (secondary N) is 1. The second-order valence-corrected chi connectivity index (χ2v) is 4.77. The van der Waals surface area contributed by atoms with E-state index in [1.54, 1.807) is 13.0 Å². The zero-order chi connectivity index (χ0) is 13.4. The Bertz CT molecular complexity index is 765. The minimum absolute atomic E-state index is 0.247. The molecule has 6 nitrogen and oxygen atoms in total. The summed E-state index contributed by atoms with van der Waals surface area (Å²) in [5.74, 6) is -0.205. The lowest BCUT2D eigenvalue weighted by atomic mass is 10.3. The van der Waals surface area contributed by atoms with Gasteiger partial charge in [0.15, 0.2) is 5.82 Å². The van der Waals surface area contributed by atoms with Crippen LogP contribution >= 0.6 is 11.3 Å². The van der Waals surface area contributed by atoms with Gasteiger partial charge >= 0.3 is 0 Å². The van der Waals surface area contributed by atoms with Crippen LogP contribution in [-0.4, -0.2) is 25.7 Å². The zero-order valence-corrected chi connectivity index (χ0v) is 10.6. The fourth-order valence-corrected chi connectivity index (χ4v) is 2.34. The van der Waals surface area contributed by atoms with E-state index in [1.165, 1.54) is 22.7 Å². The summed E-state index contributed by atoms with van der Waals surface area (Å²) in [6, 6.07) is 5.67. The smallest absolute Gasteiger partial charge is 0.286 e. The molecule has 96 valence electrons. The van der Waals surface area contributed by atoms with Crippen LogP contribution in [0.25, 0.3) is 4.96 Å². The van der Waals surface area contributed by atoms with Crippen LogP contribution in [0.4, 0.5) is 10.1 Å². The van der Waals surface area contributed by atoms with E-state index in [-0.39, 0.29) is 5.01 Å². The molecule has 0 aliphatic rings. The first-order valence-corrected chi connectivity index (χ1v) is 6.21. The molecule has 0 bridgehead atoms. The Labute approximate surface area is 110 Å². The largest absolute Gasteiger partial charge is 0.320 e.